The third-order valence-corrected chi connectivity index (χ3v) is 12.5. The third kappa shape index (κ3) is 13.4. The quantitative estimate of drug-likeness (QED) is 0.0816. The van der Waals surface area contributed by atoms with Crippen LogP contribution in [0, 0.1) is 0 Å². The lowest BCUT2D eigenvalue weighted by atomic mass is 9.88. The molecule has 2 N–H and O–H groups in total. The number of carbonyl (C=O) groups excluding carboxylic acids is 2. The van der Waals surface area contributed by atoms with E-state index >= 15 is 0 Å². The van der Waals surface area contributed by atoms with E-state index in [1.54, 1.807) is 0 Å². The predicted octanol–water partition coefficient (Wildman–Crippen LogP) is 5.69. The van der Waals surface area contributed by atoms with Crippen molar-refractivity contribution in [1.82, 2.24) is 0 Å². The largest absolute Gasteiger partial charge is 1.00 e. The van der Waals surface area contributed by atoms with Gasteiger partial charge in [0.2, 0.25) is 0 Å². The summed E-state index contributed by atoms with van der Waals surface area (Å²) in [5, 5.41) is 0. The Labute approximate surface area is 374 Å². The first-order chi connectivity index (χ1) is 29.1. The van der Waals surface area contributed by atoms with E-state index in [2.05, 4.69) is 55.4 Å². The SMILES string of the molecule is CCC(C[N+](CC)(CC)CC)OC(=O)C1c2ccccc2Oc2ccccc21.CCC(C[N+](CC)(CC)CC)OC(=O)C1c2ccccc2Oc2ccccc21.O=P([O-])(O)O.[Cl-]. The third-order valence-electron chi connectivity index (χ3n) is 12.5. The number of nitrogens with zero attached hydrogens (tertiary/aromatic N) is 2. The Morgan fingerprint density at radius 2 is 0.774 bits per heavy atom. The van der Waals surface area contributed by atoms with Crippen LogP contribution in [0.4, 0.5) is 0 Å². The smallest absolute Gasteiger partial charge is 0.318 e. The van der Waals surface area contributed by atoms with E-state index in [0.29, 0.717) is 0 Å². The van der Waals surface area contributed by atoms with Gasteiger partial charge in [0.05, 0.1) is 39.3 Å². The molecule has 0 bridgehead atoms. The molecule has 0 saturated heterocycles. The van der Waals surface area contributed by atoms with E-state index < -0.39 is 19.7 Å². The monoisotopic (exact) mass is 896 g/mol. The van der Waals surface area contributed by atoms with Crippen LogP contribution < -0.4 is 26.8 Å². The molecule has 2 atom stereocenters. The Morgan fingerprint density at radius 1 is 0.548 bits per heavy atom. The molecule has 62 heavy (non-hydrogen) atoms. The molecular weight excluding hydrogens is 831 g/mol. The number of fused-ring (bicyclic) bond motifs is 4. The average molecular weight is 897 g/mol. The minimum atomic E-state index is -4.89. The van der Waals surface area contributed by atoms with E-state index in [1.165, 1.54) is 0 Å². The maximum absolute atomic E-state index is 13.4. The molecule has 0 amide bonds. The second-order valence-corrected chi connectivity index (χ2v) is 16.6. The number of hydrogen-bond donors (Lipinski definition) is 2. The summed E-state index contributed by atoms with van der Waals surface area (Å²) in [6, 6.07) is 31.0. The van der Waals surface area contributed by atoms with Crippen molar-refractivity contribution in [3.63, 3.8) is 0 Å². The predicted molar refractivity (Wildman–Crippen MR) is 235 cm³/mol. The Hall–Kier alpha value is -4.26. The van der Waals surface area contributed by atoms with E-state index in [9.17, 15) is 9.59 Å². The van der Waals surface area contributed by atoms with Crippen LogP contribution in [0.3, 0.4) is 0 Å². The highest BCUT2D eigenvalue weighted by atomic mass is 35.5. The van der Waals surface area contributed by atoms with Crippen molar-refractivity contribution >= 4 is 19.8 Å². The first-order valence-corrected chi connectivity index (χ1v) is 23.3. The second kappa shape index (κ2) is 24.0. The molecule has 0 aromatic heterocycles. The highest BCUT2D eigenvalue weighted by Gasteiger charge is 2.38. The zero-order valence-corrected chi connectivity index (χ0v) is 39.1. The van der Waals surface area contributed by atoms with Crippen LogP contribution >= 0.6 is 7.82 Å². The molecule has 14 heteroatoms. The van der Waals surface area contributed by atoms with E-state index in [-0.39, 0.29) is 36.6 Å². The molecule has 0 radical (unpaired) electrons. The standard InChI is InChI=1S/2C24H32NO3.ClH.H3O4P/c2*1-5-18(17-25(6-2,7-3)8-4)27-24(26)23-19-13-9-11-15-21(19)28-22-16-12-10-14-20(22)23;;1-5(2,3)4/h2*9-16,18,23H,5-8,17H2,1-4H3;1H;(H3,1,2,3,4)/q2*+1;;/p-2. The van der Waals surface area contributed by atoms with Crippen LogP contribution in [0.2, 0.25) is 0 Å². The number of quaternary nitrogens is 2. The second-order valence-electron chi connectivity index (χ2n) is 15.6. The van der Waals surface area contributed by atoms with Gasteiger partial charge in [-0.05, 0) is 78.6 Å². The summed E-state index contributed by atoms with van der Waals surface area (Å²) >= 11 is 0. The number of ether oxygens (including phenoxy) is 4. The van der Waals surface area contributed by atoms with Crippen molar-refractivity contribution in [2.45, 2.75) is 92.3 Å². The van der Waals surface area contributed by atoms with E-state index in [0.717, 1.165) is 119 Å². The van der Waals surface area contributed by atoms with Gasteiger partial charge in [-0.2, -0.15) is 0 Å². The Morgan fingerprint density at radius 3 is 0.984 bits per heavy atom. The van der Waals surface area contributed by atoms with Gasteiger partial charge in [0.15, 0.2) is 12.2 Å². The number of para-hydroxylation sites is 4. The Balaban J connectivity index is 0.000000294. The molecule has 0 fully saturated rings. The van der Waals surface area contributed by atoms with Crippen LogP contribution in [0.1, 0.15) is 102 Å². The topological polar surface area (TPSA) is 152 Å². The van der Waals surface area contributed by atoms with Crippen LogP contribution in [-0.4, -0.2) is 95.3 Å². The summed E-state index contributed by atoms with van der Waals surface area (Å²) < 4.78 is 34.9. The maximum Gasteiger partial charge on any atom is 0.318 e. The fourth-order valence-electron chi connectivity index (χ4n) is 8.27. The lowest BCUT2D eigenvalue weighted by Crippen LogP contribution is -3.00. The molecular formula is C48H66ClN2O10P. The summed E-state index contributed by atoms with van der Waals surface area (Å²) in [6.07, 6.45) is 1.46. The van der Waals surface area contributed by atoms with E-state index in [4.69, 9.17) is 38.2 Å². The molecule has 4 aromatic rings. The van der Waals surface area contributed by atoms with E-state index in [1.807, 2.05) is 97.1 Å². The van der Waals surface area contributed by atoms with Crippen molar-refractivity contribution < 1.29 is 69.2 Å². The van der Waals surface area contributed by atoms with Crippen LogP contribution in [0.5, 0.6) is 23.0 Å². The fourth-order valence-corrected chi connectivity index (χ4v) is 8.27. The molecule has 2 aliphatic heterocycles. The average Bonchev–Trinajstić information content (AvgIpc) is 3.27. The van der Waals surface area contributed by atoms with Gasteiger partial charge >= 0.3 is 11.9 Å². The maximum atomic E-state index is 13.4. The molecule has 4 aromatic carbocycles. The van der Waals surface area contributed by atoms with Crippen molar-refractivity contribution in [2.24, 2.45) is 0 Å². The van der Waals surface area contributed by atoms with Crippen LogP contribution in [0.15, 0.2) is 97.1 Å². The molecule has 2 heterocycles. The zero-order valence-electron chi connectivity index (χ0n) is 37.5. The van der Waals surface area contributed by atoms with Crippen LogP contribution in [0.25, 0.3) is 0 Å². The number of hydrogen-bond acceptors (Lipinski definition) is 8. The summed E-state index contributed by atoms with van der Waals surface area (Å²) in [4.78, 5) is 49.6. The molecule has 2 aliphatic rings. The van der Waals surface area contributed by atoms with Crippen molar-refractivity contribution in [2.75, 3.05) is 52.4 Å². The van der Waals surface area contributed by atoms with Gasteiger partial charge in [-0.25, -0.2) is 0 Å². The molecule has 6 rings (SSSR count). The molecule has 12 nitrogen and oxygen atoms in total. The normalized spacial score (nSPS) is 14.1. The van der Waals surface area contributed by atoms with Gasteiger partial charge in [-0.3, -0.25) is 14.2 Å². The number of likely N-dealkylation sites (N-methyl/N-ethyl adjacent to an activating group) is 2. The van der Waals surface area contributed by atoms with Crippen molar-refractivity contribution in [1.29, 1.82) is 0 Å². The fraction of sp³-hybridized carbons (Fsp3) is 0.458. The van der Waals surface area contributed by atoms with Gasteiger partial charge in [0.1, 0.15) is 47.9 Å². The first-order valence-electron chi connectivity index (χ1n) is 21.7. The highest BCUT2D eigenvalue weighted by molar-refractivity contribution is 7.43. The molecule has 0 saturated carbocycles. The molecule has 340 valence electrons. The lowest BCUT2D eigenvalue weighted by molar-refractivity contribution is -0.925. The minimum absolute atomic E-state index is 0. The number of esters is 2. The minimum Gasteiger partial charge on any atom is -1.00 e. The zero-order chi connectivity index (χ0) is 44.8. The number of phosphoric acid groups is 1. The summed E-state index contributed by atoms with van der Waals surface area (Å²) in [7, 11) is -4.89. The van der Waals surface area contributed by atoms with Gasteiger partial charge < -0.3 is 55.0 Å². The highest BCUT2D eigenvalue weighted by Crippen LogP contribution is 2.46. The van der Waals surface area contributed by atoms with Crippen molar-refractivity contribution in [3.8, 4) is 23.0 Å². The van der Waals surface area contributed by atoms with Gasteiger partial charge in [-0.15, -0.1) is 0 Å². The first kappa shape index (κ1) is 52.1. The van der Waals surface area contributed by atoms with Gasteiger partial charge in [0, 0.05) is 22.3 Å². The molecule has 0 spiro atoms. The summed E-state index contributed by atoms with van der Waals surface area (Å²) in [5.74, 6) is 1.68. The molecule has 2 unspecified atom stereocenters. The summed E-state index contributed by atoms with van der Waals surface area (Å²) in [5.41, 5.74) is 3.51. The number of halogens is 1. The van der Waals surface area contributed by atoms with Crippen molar-refractivity contribution in [3.05, 3.63) is 119 Å². The number of rotatable bonds is 16. The summed E-state index contributed by atoms with van der Waals surface area (Å²) in [6.45, 7) is 25.5. The number of benzene rings is 4. The van der Waals surface area contributed by atoms with Crippen LogP contribution in [-0.2, 0) is 23.6 Å². The Bertz CT molecular complexity index is 1830. The lowest BCUT2D eigenvalue weighted by Gasteiger charge is -2.38. The molecule has 0 aliphatic carbocycles. The van der Waals surface area contributed by atoms with Gasteiger partial charge in [-0.1, -0.05) is 86.6 Å². The Kier molecular flexibility index (Phi) is 20.1. The number of carbonyl (C=O) groups is 2. The van der Waals surface area contributed by atoms with Gasteiger partial charge in [0.25, 0.3) is 7.82 Å².